The molecule has 1 heterocycles. The highest BCUT2D eigenvalue weighted by Gasteiger charge is 2.14. The van der Waals surface area contributed by atoms with Gasteiger partial charge in [-0.25, -0.2) is 0 Å². The first kappa shape index (κ1) is 16.3. The van der Waals surface area contributed by atoms with Gasteiger partial charge in [0, 0.05) is 42.7 Å². The monoisotopic (exact) mass is 308 g/mol. The average molecular weight is 309 g/mol. The van der Waals surface area contributed by atoms with Crippen LogP contribution in [0, 0.1) is 0 Å². The van der Waals surface area contributed by atoms with E-state index in [1.165, 1.54) is 0 Å². The zero-order valence-electron chi connectivity index (χ0n) is 13.3. The van der Waals surface area contributed by atoms with Gasteiger partial charge in [-0.15, -0.1) is 0 Å². The number of nitrogens with zero attached hydrogens (tertiary/aromatic N) is 1. The highest BCUT2D eigenvalue weighted by Crippen LogP contribution is 2.29. The van der Waals surface area contributed by atoms with Crippen molar-refractivity contribution in [2.24, 2.45) is 0 Å². The van der Waals surface area contributed by atoms with Crippen molar-refractivity contribution in [2.45, 2.75) is 46.3 Å². The van der Waals surface area contributed by atoms with Crippen LogP contribution in [0.2, 0.25) is 5.22 Å². The van der Waals surface area contributed by atoms with Crippen molar-refractivity contribution in [1.29, 1.82) is 0 Å². The Kier molecular flexibility index (Phi) is 5.68. The van der Waals surface area contributed by atoms with E-state index in [9.17, 15) is 0 Å². The maximum atomic E-state index is 6.19. The molecule has 1 N–H and O–H groups in total. The Balaban J connectivity index is 1.92. The molecular weight excluding hydrogens is 284 g/mol. The van der Waals surface area contributed by atoms with Crippen LogP contribution in [0.15, 0.2) is 28.7 Å². The van der Waals surface area contributed by atoms with Crippen LogP contribution >= 0.6 is 11.6 Å². The summed E-state index contributed by atoms with van der Waals surface area (Å²) in [6.07, 6.45) is 0. The van der Waals surface area contributed by atoms with Gasteiger partial charge in [0.2, 0.25) is 0 Å². The van der Waals surface area contributed by atoms with Crippen LogP contribution in [0.5, 0.6) is 0 Å². The second-order valence-corrected chi connectivity index (χ2v) is 6.30. The fourth-order valence-electron chi connectivity index (χ4n) is 2.77. The van der Waals surface area contributed by atoms with Crippen LogP contribution in [0.4, 0.5) is 0 Å². The second kappa shape index (κ2) is 7.30. The number of halogens is 1. The van der Waals surface area contributed by atoms with Crippen molar-refractivity contribution in [3.8, 4) is 0 Å². The van der Waals surface area contributed by atoms with E-state index in [1.54, 1.807) is 0 Å². The van der Waals surface area contributed by atoms with Gasteiger partial charge in [0.25, 0.3) is 0 Å². The topological polar surface area (TPSA) is 28.4 Å². The quantitative estimate of drug-likeness (QED) is 0.773. The Bertz CT molecular complexity index is 569. The molecule has 0 atom stereocenters. The number of furan rings is 1. The highest BCUT2D eigenvalue weighted by atomic mass is 35.5. The van der Waals surface area contributed by atoms with Crippen LogP contribution in [0.3, 0.4) is 0 Å². The number of para-hydroxylation sites is 1. The smallest absolute Gasteiger partial charge is 0.199 e. The van der Waals surface area contributed by atoms with Crippen LogP contribution in [0.1, 0.15) is 33.3 Å². The lowest BCUT2D eigenvalue weighted by Crippen LogP contribution is -2.41. The van der Waals surface area contributed by atoms with Gasteiger partial charge in [-0.3, -0.25) is 4.90 Å². The van der Waals surface area contributed by atoms with Gasteiger partial charge in [0.15, 0.2) is 5.22 Å². The molecule has 0 aliphatic rings. The molecule has 1 aromatic carbocycles. The number of fused-ring (bicyclic) bond motifs is 1. The molecule has 0 aliphatic heterocycles. The first-order valence-electron chi connectivity index (χ1n) is 7.63. The molecule has 0 spiro atoms. The summed E-state index contributed by atoms with van der Waals surface area (Å²) in [6.45, 7) is 11.6. The van der Waals surface area contributed by atoms with Crippen molar-refractivity contribution in [1.82, 2.24) is 10.2 Å². The summed E-state index contributed by atoms with van der Waals surface area (Å²) < 4.78 is 5.57. The minimum atomic E-state index is 0.494. The summed E-state index contributed by atoms with van der Waals surface area (Å²) in [6, 6.07) is 9.09. The zero-order valence-corrected chi connectivity index (χ0v) is 14.1. The third kappa shape index (κ3) is 4.00. The Labute approximate surface area is 132 Å². The van der Waals surface area contributed by atoms with Gasteiger partial charge in [-0.2, -0.15) is 0 Å². The molecule has 0 radical (unpaired) electrons. The van der Waals surface area contributed by atoms with Crippen molar-refractivity contribution in [2.75, 3.05) is 13.1 Å². The molecule has 1 aromatic heterocycles. The van der Waals surface area contributed by atoms with Crippen LogP contribution in [0.25, 0.3) is 11.0 Å². The summed E-state index contributed by atoms with van der Waals surface area (Å²) in [4.78, 5) is 2.47. The average Bonchev–Trinajstić information content (AvgIpc) is 2.73. The molecule has 21 heavy (non-hydrogen) atoms. The van der Waals surface area contributed by atoms with E-state index >= 15 is 0 Å². The lowest BCUT2D eigenvalue weighted by atomic mass is 10.2. The van der Waals surface area contributed by atoms with Gasteiger partial charge < -0.3 is 9.73 Å². The molecule has 0 saturated carbocycles. The molecular formula is C17H25ClN2O. The molecule has 4 heteroatoms. The van der Waals surface area contributed by atoms with Gasteiger partial charge in [0.05, 0.1) is 0 Å². The summed E-state index contributed by atoms with van der Waals surface area (Å²) in [5.41, 5.74) is 1.90. The van der Waals surface area contributed by atoms with Crippen LogP contribution in [-0.2, 0) is 6.54 Å². The van der Waals surface area contributed by atoms with E-state index < -0.39 is 0 Å². The Morgan fingerprint density at radius 2 is 1.81 bits per heavy atom. The molecule has 0 fully saturated rings. The normalized spacial score (nSPS) is 12.2. The van der Waals surface area contributed by atoms with Crippen molar-refractivity contribution in [3.05, 3.63) is 35.0 Å². The molecule has 3 nitrogen and oxygen atoms in total. The van der Waals surface area contributed by atoms with Crippen LogP contribution < -0.4 is 5.32 Å². The lowest BCUT2D eigenvalue weighted by molar-refractivity contribution is 0.176. The first-order chi connectivity index (χ1) is 10.0. The van der Waals surface area contributed by atoms with Crippen molar-refractivity contribution >= 4 is 22.6 Å². The van der Waals surface area contributed by atoms with E-state index in [1.807, 2.05) is 18.2 Å². The Hall–Kier alpha value is -1.03. The van der Waals surface area contributed by atoms with Gasteiger partial charge in [-0.1, -0.05) is 18.2 Å². The largest absolute Gasteiger partial charge is 0.444 e. The Morgan fingerprint density at radius 1 is 1.14 bits per heavy atom. The minimum absolute atomic E-state index is 0.494. The number of nitrogens with one attached hydrogen (secondary N) is 1. The third-order valence-corrected chi connectivity index (χ3v) is 4.13. The fourth-order valence-corrected chi connectivity index (χ4v) is 3.02. The van der Waals surface area contributed by atoms with E-state index in [2.05, 4.69) is 44.0 Å². The highest BCUT2D eigenvalue weighted by molar-refractivity contribution is 6.30. The summed E-state index contributed by atoms with van der Waals surface area (Å²) in [5.74, 6) is 0. The Morgan fingerprint density at radius 3 is 2.48 bits per heavy atom. The molecule has 0 bridgehead atoms. The maximum absolute atomic E-state index is 6.19. The van der Waals surface area contributed by atoms with E-state index in [0.717, 1.165) is 36.2 Å². The molecule has 0 saturated heterocycles. The summed E-state index contributed by atoms with van der Waals surface area (Å²) >= 11 is 6.19. The van der Waals surface area contributed by atoms with Gasteiger partial charge in [-0.05, 0) is 45.4 Å². The van der Waals surface area contributed by atoms with E-state index in [4.69, 9.17) is 16.0 Å². The number of hydrogen-bond acceptors (Lipinski definition) is 3. The summed E-state index contributed by atoms with van der Waals surface area (Å²) in [7, 11) is 0. The van der Waals surface area contributed by atoms with E-state index in [-0.39, 0.29) is 0 Å². The fraction of sp³-hybridized carbons (Fsp3) is 0.529. The molecule has 2 aromatic rings. The van der Waals surface area contributed by atoms with Gasteiger partial charge in [0.1, 0.15) is 5.58 Å². The molecule has 2 rings (SSSR count). The predicted octanol–water partition coefficient (Wildman–Crippen LogP) is 4.29. The molecule has 0 unspecified atom stereocenters. The molecule has 116 valence electrons. The number of rotatable bonds is 7. The molecule has 0 amide bonds. The maximum Gasteiger partial charge on any atom is 0.199 e. The predicted molar refractivity (Wildman–Crippen MR) is 89.9 cm³/mol. The minimum Gasteiger partial charge on any atom is -0.444 e. The zero-order chi connectivity index (χ0) is 15.4. The number of benzene rings is 1. The number of hydrogen-bond donors (Lipinski definition) is 1. The standard InChI is InChI=1S/C17H25ClN2O/c1-12(2)20(13(3)4)10-9-19-11-15-14-7-5-6-8-16(14)21-17(15)18/h5-8,12-13,19H,9-11H2,1-4H3. The summed E-state index contributed by atoms with van der Waals surface area (Å²) in [5, 5.41) is 5.07. The van der Waals surface area contributed by atoms with E-state index in [0.29, 0.717) is 17.3 Å². The molecule has 0 aliphatic carbocycles. The van der Waals surface area contributed by atoms with Crippen molar-refractivity contribution in [3.63, 3.8) is 0 Å². The first-order valence-corrected chi connectivity index (χ1v) is 8.01. The second-order valence-electron chi connectivity index (χ2n) is 5.95. The SMILES string of the molecule is CC(C)N(CCNCc1c(Cl)oc2ccccc12)C(C)C. The van der Waals surface area contributed by atoms with Crippen molar-refractivity contribution < 1.29 is 4.42 Å². The third-order valence-electron chi connectivity index (χ3n) is 3.82. The van der Waals surface area contributed by atoms with Gasteiger partial charge >= 0.3 is 0 Å². The lowest BCUT2D eigenvalue weighted by Gasteiger charge is -2.30. The van der Waals surface area contributed by atoms with Crippen LogP contribution in [-0.4, -0.2) is 30.1 Å².